The van der Waals surface area contributed by atoms with Crippen LogP contribution in [-0.4, -0.2) is 20.9 Å². The number of thioether (sulfide) groups is 1. The van der Waals surface area contributed by atoms with E-state index in [0.29, 0.717) is 0 Å². The lowest BCUT2D eigenvalue weighted by Gasteiger charge is -1.99. The predicted molar refractivity (Wildman–Crippen MR) is 95.0 cm³/mol. The Kier molecular flexibility index (Phi) is 5.29. The van der Waals surface area contributed by atoms with Crippen molar-refractivity contribution in [1.29, 1.82) is 0 Å². The number of benzene rings is 2. The minimum absolute atomic E-state index is 0.804. The Balaban J connectivity index is 1.53. The number of halogens is 1. The first-order chi connectivity index (χ1) is 10.8. The van der Waals surface area contributed by atoms with Crippen molar-refractivity contribution < 1.29 is 0 Å². The quantitative estimate of drug-likeness (QED) is 0.490. The Morgan fingerprint density at radius 1 is 1.00 bits per heavy atom. The molecule has 3 rings (SSSR count). The third-order valence-electron chi connectivity index (χ3n) is 3.28. The molecule has 3 aromatic rings. The molecule has 0 atom stereocenters. The van der Waals surface area contributed by atoms with E-state index in [1.807, 2.05) is 24.3 Å². The molecule has 112 valence electrons. The van der Waals surface area contributed by atoms with Crippen LogP contribution in [0.15, 0.2) is 64.2 Å². The lowest BCUT2D eigenvalue weighted by molar-refractivity contribution is 0.921. The molecule has 0 radical (unpaired) electrons. The molecule has 1 N–H and O–H groups in total. The molecule has 0 amide bonds. The van der Waals surface area contributed by atoms with Gasteiger partial charge in [-0.3, -0.25) is 5.10 Å². The molecule has 0 bridgehead atoms. The van der Waals surface area contributed by atoms with Gasteiger partial charge in [0.25, 0.3) is 0 Å². The number of aromatic nitrogens is 3. The fraction of sp³-hybridized carbons (Fsp3) is 0.176. The van der Waals surface area contributed by atoms with Gasteiger partial charge in [-0.25, -0.2) is 4.98 Å². The number of rotatable bonds is 6. The van der Waals surface area contributed by atoms with Gasteiger partial charge in [0.1, 0.15) is 0 Å². The third kappa shape index (κ3) is 3.99. The monoisotopic (exact) mass is 373 g/mol. The van der Waals surface area contributed by atoms with E-state index in [2.05, 4.69) is 61.4 Å². The molecule has 0 aliphatic carbocycles. The lowest BCUT2D eigenvalue weighted by atomic mass is 10.1. The van der Waals surface area contributed by atoms with Crippen molar-refractivity contribution in [3.05, 3.63) is 64.6 Å². The van der Waals surface area contributed by atoms with Crippen LogP contribution in [0.3, 0.4) is 0 Å². The highest BCUT2D eigenvalue weighted by Crippen LogP contribution is 2.26. The molecule has 0 aliphatic heterocycles. The number of hydrogen-bond donors (Lipinski definition) is 1. The molecule has 0 unspecified atom stereocenters. The minimum Gasteiger partial charge on any atom is -0.258 e. The molecular formula is C17H16BrN3S. The summed E-state index contributed by atoms with van der Waals surface area (Å²) < 4.78 is 1.02. The van der Waals surface area contributed by atoms with Crippen LogP contribution in [0.25, 0.3) is 11.4 Å². The van der Waals surface area contributed by atoms with Gasteiger partial charge in [-0.05, 0) is 24.5 Å². The fourth-order valence-electron chi connectivity index (χ4n) is 2.17. The van der Waals surface area contributed by atoms with Gasteiger partial charge in [0.15, 0.2) is 5.82 Å². The average molecular weight is 374 g/mol. The van der Waals surface area contributed by atoms with Gasteiger partial charge in [0, 0.05) is 15.8 Å². The maximum atomic E-state index is 4.55. The van der Waals surface area contributed by atoms with E-state index in [4.69, 9.17) is 0 Å². The number of hydrogen-bond acceptors (Lipinski definition) is 3. The average Bonchev–Trinajstić information content (AvgIpc) is 3.02. The second-order valence-corrected chi connectivity index (χ2v) is 6.80. The summed E-state index contributed by atoms with van der Waals surface area (Å²) in [6.45, 7) is 0. The molecule has 22 heavy (non-hydrogen) atoms. The van der Waals surface area contributed by atoms with Gasteiger partial charge in [0.05, 0.1) is 0 Å². The fourth-order valence-corrected chi connectivity index (χ4v) is 3.38. The van der Waals surface area contributed by atoms with Crippen LogP contribution in [0, 0.1) is 0 Å². The maximum absolute atomic E-state index is 4.55. The zero-order valence-electron chi connectivity index (χ0n) is 12.0. The number of aromatic amines is 1. The summed E-state index contributed by atoms with van der Waals surface area (Å²) in [6, 6.07) is 18.6. The van der Waals surface area contributed by atoms with Crippen molar-refractivity contribution >= 4 is 27.7 Å². The number of H-pyrrole nitrogens is 1. The highest BCUT2D eigenvalue weighted by molar-refractivity contribution is 9.10. The summed E-state index contributed by atoms with van der Waals surface area (Å²) in [7, 11) is 0. The van der Waals surface area contributed by atoms with Gasteiger partial charge in [-0.1, -0.05) is 76.2 Å². The number of aryl methyl sites for hydroxylation is 1. The summed E-state index contributed by atoms with van der Waals surface area (Å²) in [6.07, 6.45) is 2.21. The standard InChI is InChI=1S/C17H16BrN3S/c18-15-11-5-4-10-14(15)16-19-17(21-20-16)22-12-6-9-13-7-2-1-3-8-13/h1-5,7-8,10-11H,6,9,12H2,(H,19,20,21). The molecule has 2 aromatic carbocycles. The second kappa shape index (κ2) is 7.61. The Morgan fingerprint density at radius 3 is 2.59 bits per heavy atom. The molecule has 1 aromatic heterocycles. The summed E-state index contributed by atoms with van der Waals surface area (Å²) in [5, 5.41) is 8.10. The van der Waals surface area contributed by atoms with Crippen molar-refractivity contribution in [1.82, 2.24) is 15.2 Å². The van der Waals surface area contributed by atoms with E-state index in [9.17, 15) is 0 Å². The van der Waals surface area contributed by atoms with E-state index in [1.54, 1.807) is 11.8 Å². The van der Waals surface area contributed by atoms with Gasteiger partial charge < -0.3 is 0 Å². The van der Waals surface area contributed by atoms with Crippen molar-refractivity contribution in [3.8, 4) is 11.4 Å². The first kappa shape index (κ1) is 15.3. The summed E-state index contributed by atoms with van der Waals surface area (Å²) >= 11 is 5.23. The minimum atomic E-state index is 0.804. The van der Waals surface area contributed by atoms with Crippen molar-refractivity contribution in [2.24, 2.45) is 0 Å². The Hall–Kier alpha value is -1.59. The van der Waals surface area contributed by atoms with Crippen LogP contribution < -0.4 is 0 Å². The maximum Gasteiger partial charge on any atom is 0.208 e. The van der Waals surface area contributed by atoms with Crippen LogP contribution in [0.5, 0.6) is 0 Å². The molecule has 0 aliphatic rings. The molecule has 0 spiro atoms. The summed E-state index contributed by atoms with van der Waals surface area (Å²) in [5.41, 5.74) is 2.41. The Labute approximate surface area is 142 Å². The molecule has 1 heterocycles. The largest absolute Gasteiger partial charge is 0.258 e. The summed E-state index contributed by atoms with van der Waals surface area (Å²) in [5.74, 6) is 1.82. The van der Waals surface area contributed by atoms with Gasteiger partial charge >= 0.3 is 0 Å². The Morgan fingerprint density at radius 2 is 1.77 bits per heavy atom. The second-order valence-electron chi connectivity index (χ2n) is 4.88. The molecular weight excluding hydrogens is 358 g/mol. The first-order valence-electron chi connectivity index (χ1n) is 7.17. The molecule has 0 saturated heterocycles. The van der Waals surface area contributed by atoms with E-state index in [-0.39, 0.29) is 0 Å². The van der Waals surface area contributed by atoms with E-state index >= 15 is 0 Å². The van der Waals surface area contributed by atoms with Gasteiger partial charge in [0.2, 0.25) is 5.16 Å². The van der Waals surface area contributed by atoms with Crippen molar-refractivity contribution in [2.45, 2.75) is 18.0 Å². The van der Waals surface area contributed by atoms with E-state index in [1.165, 1.54) is 5.56 Å². The van der Waals surface area contributed by atoms with Crippen LogP contribution in [-0.2, 0) is 6.42 Å². The lowest BCUT2D eigenvalue weighted by Crippen LogP contribution is -1.88. The molecule has 0 fully saturated rings. The van der Waals surface area contributed by atoms with E-state index < -0.39 is 0 Å². The third-order valence-corrected chi connectivity index (χ3v) is 4.90. The van der Waals surface area contributed by atoms with Crippen LogP contribution in [0.2, 0.25) is 0 Å². The van der Waals surface area contributed by atoms with Crippen molar-refractivity contribution in [2.75, 3.05) is 5.75 Å². The Bertz CT molecular complexity index is 728. The molecule has 5 heteroatoms. The van der Waals surface area contributed by atoms with Gasteiger partial charge in [-0.15, -0.1) is 5.10 Å². The smallest absolute Gasteiger partial charge is 0.208 e. The van der Waals surface area contributed by atoms with Gasteiger partial charge in [-0.2, -0.15) is 0 Å². The van der Waals surface area contributed by atoms with Crippen LogP contribution in [0.1, 0.15) is 12.0 Å². The number of nitrogens with zero attached hydrogens (tertiary/aromatic N) is 2. The zero-order valence-corrected chi connectivity index (χ0v) is 14.4. The number of nitrogens with one attached hydrogen (secondary N) is 1. The molecule has 3 nitrogen and oxygen atoms in total. The normalized spacial score (nSPS) is 10.8. The van der Waals surface area contributed by atoms with Crippen LogP contribution >= 0.6 is 27.7 Å². The van der Waals surface area contributed by atoms with E-state index in [0.717, 1.165) is 39.6 Å². The summed E-state index contributed by atoms with van der Waals surface area (Å²) in [4.78, 5) is 4.55. The zero-order chi connectivity index (χ0) is 15.2. The predicted octanol–water partition coefficient (Wildman–Crippen LogP) is 4.96. The SMILES string of the molecule is Brc1ccccc1-c1nc(SCCCc2ccccc2)n[nH]1. The van der Waals surface area contributed by atoms with Crippen LogP contribution in [0.4, 0.5) is 0 Å². The topological polar surface area (TPSA) is 41.6 Å². The molecule has 0 saturated carbocycles. The van der Waals surface area contributed by atoms with Crippen molar-refractivity contribution in [3.63, 3.8) is 0 Å². The highest BCUT2D eigenvalue weighted by Gasteiger charge is 2.08. The highest BCUT2D eigenvalue weighted by atomic mass is 79.9. The first-order valence-corrected chi connectivity index (χ1v) is 8.95.